The molecule has 1 unspecified atom stereocenters. The highest BCUT2D eigenvalue weighted by atomic mass is 19.1. The quantitative estimate of drug-likeness (QED) is 0.856. The normalized spacial score (nSPS) is 12.5. The van der Waals surface area contributed by atoms with E-state index in [1.807, 2.05) is 18.2 Å². The Kier molecular flexibility index (Phi) is 4.03. The summed E-state index contributed by atoms with van der Waals surface area (Å²) in [6.45, 7) is 0. The number of hydrogen-bond acceptors (Lipinski definition) is 2. The number of hydrogen-bond donors (Lipinski definition) is 1. The Morgan fingerprint density at radius 3 is 2.37 bits per heavy atom. The first kappa shape index (κ1) is 13.0. The molecule has 0 aliphatic rings. The Morgan fingerprint density at radius 2 is 1.74 bits per heavy atom. The Bertz CT molecular complexity index is 596. The molecule has 0 aliphatic heterocycles. The van der Waals surface area contributed by atoms with Crippen LogP contribution in [0.5, 0.6) is 0 Å². The van der Waals surface area contributed by atoms with Crippen molar-refractivity contribution in [3.8, 4) is 0 Å². The molecule has 0 amide bonds. The smallest absolute Gasteiger partial charge is 0.333 e. The Labute approximate surface area is 110 Å². The van der Waals surface area contributed by atoms with Crippen molar-refractivity contribution >= 4 is 12.2 Å². The third kappa shape index (κ3) is 3.25. The Balaban J connectivity index is 2.30. The van der Waals surface area contributed by atoms with E-state index in [0.29, 0.717) is 0 Å². The lowest BCUT2D eigenvalue weighted by atomic mass is 10.1. The van der Waals surface area contributed by atoms with Crippen LogP contribution in [0.4, 0.5) is 4.39 Å². The highest BCUT2D eigenvalue weighted by molar-refractivity contribution is 5.84. The number of benzene rings is 2. The maximum Gasteiger partial charge on any atom is 0.333 e. The molecule has 96 valence electrons. The van der Waals surface area contributed by atoms with Crippen LogP contribution >= 0.6 is 0 Å². The summed E-state index contributed by atoms with van der Waals surface area (Å²) >= 11 is 0. The van der Waals surface area contributed by atoms with E-state index in [9.17, 15) is 9.18 Å². The lowest BCUT2D eigenvalue weighted by Gasteiger charge is -2.08. The maximum atomic E-state index is 13.6. The molecule has 2 rings (SSSR count). The molecule has 2 aromatic carbocycles. The predicted octanol–water partition coefficient (Wildman–Crippen LogP) is 3.07. The van der Waals surface area contributed by atoms with E-state index in [0.717, 1.165) is 5.56 Å². The summed E-state index contributed by atoms with van der Waals surface area (Å²) in [5.74, 6) is -1.75. The van der Waals surface area contributed by atoms with E-state index < -0.39 is 17.8 Å². The van der Waals surface area contributed by atoms with Crippen molar-refractivity contribution in [1.82, 2.24) is 0 Å². The SMILES string of the molecule is O=C(O)C(N=Cc1ccccc1)c1ccccc1F. The van der Waals surface area contributed by atoms with Crippen LogP contribution in [0.15, 0.2) is 59.6 Å². The summed E-state index contributed by atoms with van der Waals surface area (Å²) in [6, 6.07) is 13.6. The van der Waals surface area contributed by atoms with Gasteiger partial charge in [0.15, 0.2) is 6.04 Å². The van der Waals surface area contributed by atoms with Crippen molar-refractivity contribution in [1.29, 1.82) is 0 Å². The molecule has 0 radical (unpaired) electrons. The zero-order chi connectivity index (χ0) is 13.7. The molecule has 4 heteroatoms. The summed E-state index contributed by atoms with van der Waals surface area (Å²) < 4.78 is 13.6. The molecule has 0 saturated carbocycles. The third-order valence-corrected chi connectivity index (χ3v) is 2.61. The highest BCUT2D eigenvalue weighted by Gasteiger charge is 2.21. The standard InChI is InChI=1S/C15H12FNO2/c16-13-9-5-4-8-12(13)14(15(18)19)17-10-11-6-2-1-3-7-11/h1-10,14H,(H,18,19). The number of carboxylic acid groups (broad SMARTS) is 1. The summed E-state index contributed by atoms with van der Waals surface area (Å²) in [7, 11) is 0. The van der Waals surface area contributed by atoms with Crippen LogP contribution in [0, 0.1) is 5.82 Å². The number of aliphatic imine (C=N–C) groups is 1. The fourth-order valence-electron chi connectivity index (χ4n) is 1.67. The number of carbonyl (C=O) groups is 1. The molecular weight excluding hydrogens is 245 g/mol. The van der Waals surface area contributed by atoms with Gasteiger partial charge in [0.05, 0.1) is 0 Å². The summed E-state index contributed by atoms with van der Waals surface area (Å²) in [6.07, 6.45) is 1.44. The van der Waals surface area contributed by atoms with Gasteiger partial charge in [-0.2, -0.15) is 0 Å². The lowest BCUT2D eigenvalue weighted by Crippen LogP contribution is -2.11. The van der Waals surface area contributed by atoms with Gasteiger partial charge < -0.3 is 5.11 Å². The fraction of sp³-hybridized carbons (Fsp3) is 0.0667. The number of halogens is 1. The first-order valence-electron chi connectivity index (χ1n) is 5.74. The van der Waals surface area contributed by atoms with Crippen molar-refractivity contribution in [2.24, 2.45) is 4.99 Å². The Hall–Kier alpha value is -2.49. The minimum atomic E-state index is -1.23. The van der Waals surface area contributed by atoms with E-state index in [1.165, 1.54) is 24.4 Å². The van der Waals surface area contributed by atoms with E-state index >= 15 is 0 Å². The van der Waals surface area contributed by atoms with Crippen LogP contribution in [0.3, 0.4) is 0 Å². The fourth-order valence-corrected chi connectivity index (χ4v) is 1.67. The van der Waals surface area contributed by atoms with E-state index in [-0.39, 0.29) is 5.56 Å². The van der Waals surface area contributed by atoms with E-state index in [2.05, 4.69) is 4.99 Å². The second-order valence-corrected chi connectivity index (χ2v) is 3.95. The molecule has 19 heavy (non-hydrogen) atoms. The average Bonchev–Trinajstić information content (AvgIpc) is 2.42. The maximum absolute atomic E-state index is 13.6. The first-order chi connectivity index (χ1) is 9.18. The van der Waals surface area contributed by atoms with Gasteiger partial charge in [-0.15, -0.1) is 0 Å². The first-order valence-corrected chi connectivity index (χ1v) is 5.74. The predicted molar refractivity (Wildman–Crippen MR) is 70.8 cm³/mol. The lowest BCUT2D eigenvalue weighted by molar-refractivity contribution is -0.138. The number of nitrogens with zero attached hydrogens (tertiary/aromatic N) is 1. The van der Waals surface area contributed by atoms with Crippen LogP contribution in [0.25, 0.3) is 0 Å². The van der Waals surface area contributed by atoms with Gasteiger partial charge in [-0.3, -0.25) is 4.99 Å². The van der Waals surface area contributed by atoms with Gasteiger partial charge in [0.1, 0.15) is 5.82 Å². The molecule has 0 saturated heterocycles. The van der Waals surface area contributed by atoms with E-state index in [4.69, 9.17) is 5.11 Å². The van der Waals surface area contributed by atoms with Crippen LogP contribution in [0.1, 0.15) is 17.2 Å². The number of carboxylic acids is 1. The molecular formula is C15H12FNO2. The number of rotatable bonds is 4. The second kappa shape index (κ2) is 5.91. The topological polar surface area (TPSA) is 49.7 Å². The zero-order valence-electron chi connectivity index (χ0n) is 10.0. The molecule has 1 atom stereocenters. The van der Waals surface area contributed by atoms with Gasteiger partial charge >= 0.3 is 5.97 Å². The molecule has 0 fully saturated rings. The minimum absolute atomic E-state index is 0.0576. The largest absolute Gasteiger partial charge is 0.479 e. The summed E-state index contributed by atoms with van der Waals surface area (Å²) in [5.41, 5.74) is 0.826. The van der Waals surface area contributed by atoms with Crippen molar-refractivity contribution in [3.05, 3.63) is 71.5 Å². The monoisotopic (exact) mass is 257 g/mol. The molecule has 3 nitrogen and oxygen atoms in total. The molecule has 0 heterocycles. The third-order valence-electron chi connectivity index (χ3n) is 2.61. The highest BCUT2D eigenvalue weighted by Crippen LogP contribution is 2.20. The van der Waals surface area contributed by atoms with Crippen molar-refractivity contribution in [3.63, 3.8) is 0 Å². The summed E-state index contributed by atoms with van der Waals surface area (Å²) in [4.78, 5) is 15.2. The van der Waals surface area contributed by atoms with Crippen molar-refractivity contribution < 1.29 is 14.3 Å². The second-order valence-electron chi connectivity index (χ2n) is 3.95. The molecule has 0 spiro atoms. The summed E-state index contributed by atoms with van der Waals surface area (Å²) in [5, 5.41) is 9.15. The van der Waals surface area contributed by atoms with Gasteiger partial charge in [0, 0.05) is 11.8 Å². The van der Waals surface area contributed by atoms with Crippen LogP contribution in [-0.2, 0) is 4.79 Å². The molecule has 0 aromatic heterocycles. The van der Waals surface area contributed by atoms with Crippen molar-refractivity contribution in [2.75, 3.05) is 0 Å². The van der Waals surface area contributed by atoms with E-state index in [1.54, 1.807) is 18.2 Å². The zero-order valence-corrected chi connectivity index (χ0v) is 10.0. The van der Waals surface area contributed by atoms with Gasteiger partial charge in [-0.1, -0.05) is 48.5 Å². The average molecular weight is 257 g/mol. The van der Waals surface area contributed by atoms with Crippen LogP contribution in [0.2, 0.25) is 0 Å². The Morgan fingerprint density at radius 1 is 1.11 bits per heavy atom. The van der Waals surface area contributed by atoms with Crippen molar-refractivity contribution in [2.45, 2.75) is 6.04 Å². The van der Waals surface area contributed by atoms with Gasteiger partial charge in [-0.05, 0) is 11.6 Å². The van der Waals surface area contributed by atoms with Crippen LogP contribution in [-0.4, -0.2) is 17.3 Å². The molecule has 0 aliphatic carbocycles. The molecule has 0 bridgehead atoms. The van der Waals surface area contributed by atoms with Gasteiger partial charge in [0.2, 0.25) is 0 Å². The van der Waals surface area contributed by atoms with Gasteiger partial charge in [0.25, 0.3) is 0 Å². The number of aliphatic carboxylic acids is 1. The molecule has 2 aromatic rings. The van der Waals surface area contributed by atoms with Gasteiger partial charge in [-0.25, -0.2) is 9.18 Å². The minimum Gasteiger partial charge on any atom is -0.479 e. The van der Waals surface area contributed by atoms with Crippen LogP contribution < -0.4 is 0 Å². The molecule has 1 N–H and O–H groups in total.